The van der Waals surface area contributed by atoms with Crippen LogP contribution in [0.25, 0.3) is 0 Å². The third-order valence-electron chi connectivity index (χ3n) is 4.47. The van der Waals surface area contributed by atoms with Crippen molar-refractivity contribution in [3.05, 3.63) is 41.6 Å². The lowest BCUT2D eigenvalue weighted by molar-refractivity contribution is -0.124. The zero-order chi connectivity index (χ0) is 14.0. The minimum atomic E-state index is -0.643. The molecule has 4 nitrogen and oxygen atoms in total. The van der Waals surface area contributed by atoms with E-state index in [1.54, 1.807) is 5.94 Å². The highest BCUT2D eigenvalue weighted by Gasteiger charge is 2.51. The fourth-order valence-electron chi connectivity index (χ4n) is 3.44. The summed E-state index contributed by atoms with van der Waals surface area (Å²) in [5, 5.41) is 2.87. The molecule has 0 aliphatic carbocycles. The first-order valence-electron chi connectivity index (χ1n) is 6.96. The maximum Gasteiger partial charge on any atom is 0.200 e. The number of ether oxygens (including phenoxy) is 1. The maximum absolute atomic E-state index is 12.8. The number of carbonyl (C=O) groups is 1. The molecule has 4 heteroatoms. The third kappa shape index (κ3) is 1.89. The van der Waals surface area contributed by atoms with Gasteiger partial charge in [-0.3, -0.25) is 4.79 Å². The minimum absolute atomic E-state index is 0.0759. The summed E-state index contributed by atoms with van der Waals surface area (Å²) in [7, 11) is 0. The number of hydrogen-bond donors (Lipinski definition) is 1. The van der Waals surface area contributed by atoms with Crippen molar-refractivity contribution in [2.75, 3.05) is 19.8 Å². The van der Waals surface area contributed by atoms with Gasteiger partial charge < -0.3 is 10.1 Å². The minimum Gasteiger partial charge on any atom is -0.381 e. The topological polar surface area (TPSA) is 55.4 Å². The molecule has 20 heavy (non-hydrogen) atoms. The van der Waals surface area contributed by atoms with Crippen molar-refractivity contribution in [2.24, 2.45) is 5.92 Å². The molecule has 2 aliphatic heterocycles. The van der Waals surface area contributed by atoms with Gasteiger partial charge in [0.2, 0.25) is 5.78 Å². The van der Waals surface area contributed by atoms with Gasteiger partial charge in [-0.25, -0.2) is 4.79 Å². The molecular weight excluding hydrogens is 254 g/mol. The predicted molar refractivity (Wildman–Crippen MR) is 73.9 cm³/mol. The van der Waals surface area contributed by atoms with Crippen LogP contribution in [0.15, 0.2) is 36.0 Å². The van der Waals surface area contributed by atoms with Gasteiger partial charge in [0.1, 0.15) is 0 Å². The molecule has 2 heterocycles. The fraction of sp³-hybridized carbons (Fsp3) is 0.438. The second-order valence-corrected chi connectivity index (χ2v) is 5.38. The van der Waals surface area contributed by atoms with Crippen LogP contribution in [-0.4, -0.2) is 31.5 Å². The van der Waals surface area contributed by atoms with Crippen LogP contribution >= 0.6 is 0 Å². The molecule has 104 valence electrons. The van der Waals surface area contributed by atoms with Gasteiger partial charge in [-0.2, -0.15) is 0 Å². The van der Waals surface area contributed by atoms with Gasteiger partial charge in [-0.05, 0) is 18.4 Å². The first kappa shape index (κ1) is 13.1. The average Bonchev–Trinajstić information content (AvgIpc) is 3.03. The molecule has 2 fully saturated rings. The van der Waals surface area contributed by atoms with Crippen LogP contribution in [0.3, 0.4) is 0 Å². The smallest absolute Gasteiger partial charge is 0.200 e. The molecule has 1 unspecified atom stereocenters. The molecule has 0 spiro atoms. The summed E-state index contributed by atoms with van der Waals surface area (Å²) in [5.74, 6) is 1.76. The summed E-state index contributed by atoms with van der Waals surface area (Å²) in [6, 6.07) is 9.76. The first-order valence-corrected chi connectivity index (χ1v) is 6.96. The molecule has 0 amide bonds. The molecule has 0 radical (unpaired) electrons. The maximum atomic E-state index is 12.8. The lowest BCUT2D eigenvalue weighted by Crippen LogP contribution is -2.52. The van der Waals surface area contributed by atoms with Crippen molar-refractivity contribution in [3.8, 4) is 0 Å². The van der Waals surface area contributed by atoms with Crippen molar-refractivity contribution in [2.45, 2.75) is 18.3 Å². The highest BCUT2D eigenvalue weighted by Crippen LogP contribution is 2.43. The van der Waals surface area contributed by atoms with Gasteiger partial charge in [0, 0.05) is 19.1 Å². The highest BCUT2D eigenvalue weighted by molar-refractivity contribution is 6.09. The lowest BCUT2D eigenvalue weighted by Gasteiger charge is -2.40. The SMILES string of the molecule is O=C=C1NCCC(c2ccccc2)([C@@H]2CCOC2)C1=O. The van der Waals surface area contributed by atoms with Gasteiger partial charge in [0.05, 0.1) is 12.0 Å². The van der Waals surface area contributed by atoms with Gasteiger partial charge in [0.25, 0.3) is 0 Å². The Hall–Kier alpha value is -1.90. The second kappa shape index (κ2) is 5.23. The zero-order valence-corrected chi connectivity index (χ0v) is 11.2. The van der Waals surface area contributed by atoms with E-state index in [0.717, 1.165) is 12.0 Å². The number of benzene rings is 1. The summed E-state index contributed by atoms with van der Waals surface area (Å²) in [6.45, 7) is 1.87. The zero-order valence-electron chi connectivity index (χ0n) is 11.2. The molecule has 0 saturated carbocycles. The largest absolute Gasteiger partial charge is 0.381 e. The Morgan fingerprint density at radius 3 is 2.75 bits per heavy atom. The summed E-state index contributed by atoms with van der Waals surface area (Å²) in [4.78, 5) is 23.9. The molecule has 0 aromatic heterocycles. The standard InChI is InChI=1S/C16H17NO3/c18-10-14-15(19)16(7-8-17-14,13-6-9-20-11-13)12-4-2-1-3-5-12/h1-5,13,17H,6-9,11H2/t13-,16?/m1/s1. The summed E-state index contributed by atoms with van der Waals surface area (Å²) in [6.07, 6.45) is 1.54. The monoisotopic (exact) mass is 271 g/mol. The number of nitrogens with one attached hydrogen (secondary N) is 1. The van der Waals surface area contributed by atoms with Crippen molar-refractivity contribution < 1.29 is 14.3 Å². The molecule has 3 rings (SSSR count). The van der Waals surface area contributed by atoms with E-state index in [1.807, 2.05) is 30.3 Å². The molecule has 2 aliphatic rings. The van der Waals surface area contributed by atoms with Crippen LogP contribution in [0.1, 0.15) is 18.4 Å². The Morgan fingerprint density at radius 1 is 1.30 bits per heavy atom. The van der Waals surface area contributed by atoms with E-state index in [2.05, 4.69) is 5.32 Å². The van der Waals surface area contributed by atoms with Gasteiger partial charge in [0.15, 0.2) is 11.6 Å². The number of ketones is 1. The number of carbonyl (C=O) groups excluding carboxylic acids is 2. The van der Waals surface area contributed by atoms with Crippen LogP contribution in [0.2, 0.25) is 0 Å². The molecule has 1 aromatic carbocycles. The fourth-order valence-corrected chi connectivity index (χ4v) is 3.44. The number of Topliss-reactive ketones (excluding diaryl/α,β-unsaturated/α-hetero) is 1. The predicted octanol–water partition coefficient (Wildman–Crippen LogP) is 1.24. The van der Waals surface area contributed by atoms with Crippen molar-refractivity contribution in [1.82, 2.24) is 5.32 Å². The van der Waals surface area contributed by atoms with Crippen LogP contribution in [-0.2, 0) is 19.7 Å². The van der Waals surface area contributed by atoms with Crippen molar-refractivity contribution >= 4 is 11.7 Å². The Balaban J connectivity index is 2.12. The van der Waals surface area contributed by atoms with Gasteiger partial charge in [-0.1, -0.05) is 30.3 Å². The first-order chi connectivity index (χ1) is 9.79. The quantitative estimate of drug-likeness (QED) is 0.649. The van der Waals surface area contributed by atoms with Gasteiger partial charge in [-0.15, -0.1) is 0 Å². The Labute approximate surface area is 117 Å². The Kier molecular flexibility index (Phi) is 3.43. The van der Waals surface area contributed by atoms with E-state index >= 15 is 0 Å². The van der Waals surface area contributed by atoms with E-state index in [0.29, 0.717) is 26.2 Å². The van der Waals surface area contributed by atoms with Crippen molar-refractivity contribution in [3.63, 3.8) is 0 Å². The molecular formula is C16H17NO3. The number of piperidine rings is 1. The summed E-state index contributed by atoms with van der Waals surface area (Å²) < 4.78 is 5.49. The van der Waals surface area contributed by atoms with Crippen molar-refractivity contribution in [1.29, 1.82) is 0 Å². The summed E-state index contributed by atoms with van der Waals surface area (Å²) in [5.41, 5.74) is 0.414. The normalized spacial score (nSPS) is 29.9. The van der Waals surface area contributed by atoms with E-state index in [4.69, 9.17) is 4.74 Å². The van der Waals surface area contributed by atoms with Crippen LogP contribution in [0.4, 0.5) is 0 Å². The molecule has 1 N–H and O–H groups in total. The van der Waals surface area contributed by atoms with E-state index in [1.165, 1.54) is 0 Å². The second-order valence-electron chi connectivity index (χ2n) is 5.38. The molecule has 0 bridgehead atoms. The average molecular weight is 271 g/mol. The third-order valence-corrected chi connectivity index (χ3v) is 4.47. The molecule has 2 saturated heterocycles. The molecule has 1 aromatic rings. The Bertz CT molecular complexity index is 556. The number of allylic oxidation sites excluding steroid dienone is 1. The number of hydrogen-bond acceptors (Lipinski definition) is 4. The van der Waals surface area contributed by atoms with E-state index < -0.39 is 5.41 Å². The number of rotatable bonds is 2. The van der Waals surface area contributed by atoms with Crippen LogP contribution in [0, 0.1) is 5.92 Å². The van der Waals surface area contributed by atoms with Crippen LogP contribution in [0.5, 0.6) is 0 Å². The molecule has 2 atom stereocenters. The van der Waals surface area contributed by atoms with E-state index in [-0.39, 0.29) is 17.4 Å². The summed E-state index contributed by atoms with van der Waals surface area (Å²) >= 11 is 0. The van der Waals surface area contributed by atoms with E-state index in [9.17, 15) is 9.59 Å². The van der Waals surface area contributed by atoms with Gasteiger partial charge >= 0.3 is 0 Å². The Morgan fingerprint density at radius 2 is 2.10 bits per heavy atom. The van der Waals surface area contributed by atoms with Crippen LogP contribution < -0.4 is 5.32 Å². The lowest BCUT2D eigenvalue weighted by atomic mass is 9.63. The highest BCUT2D eigenvalue weighted by atomic mass is 16.5.